The molecule has 3 aromatic carbocycles. The van der Waals surface area contributed by atoms with E-state index in [9.17, 15) is 18.0 Å². The van der Waals surface area contributed by atoms with Crippen molar-refractivity contribution in [2.24, 2.45) is 0 Å². The van der Waals surface area contributed by atoms with Crippen LogP contribution in [-0.2, 0) is 32.6 Å². The van der Waals surface area contributed by atoms with E-state index in [4.69, 9.17) is 21.1 Å². The van der Waals surface area contributed by atoms with Crippen molar-refractivity contribution in [1.29, 1.82) is 0 Å². The highest BCUT2D eigenvalue weighted by atomic mass is 35.5. The Labute approximate surface area is 234 Å². The molecule has 3 rings (SSSR count). The summed E-state index contributed by atoms with van der Waals surface area (Å²) in [5.74, 6) is -0.328. The fourth-order valence-corrected chi connectivity index (χ4v) is 5.17. The van der Waals surface area contributed by atoms with Crippen molar-refractivity contribution in [1.82, 2.24) is 10.2 Å². The van der Waals surface area contributed by atoms with Gasteiger partial charge in [-0.3, -0.25) is 13.9 Å². The molecular formula is C28H32ClN3O6S. The van der Waals surface area contributed by atoms with Crippen LogP contribution >= 0.6 is 11.6 Å². The molecule has 1 atom stereocenters. The van der Waals surface area contributed by atoms with Gasteiger partial charge in [-0.15, -0.1) is 0 Å². The van der Waals surface area contributed by atoms with Crippen LogP contribution in [0.2, 0.25) is 5.02 Å². The Kier molecular flexibility index (Phi) is 10.2. The van der Waals surface area contributed by atoms with E-state index >= 15 is 0 Å². The van der Waals surface area contributed by atoms with Gasteiger partial charge >= 0.3 is 0 Å². The first-order valence-corrected chi connectivity index (χ1v) is 14.3. The SMILES string of the molecule is CNC(=O)[C@@H](Cc1ccccc1)N(Cc1ccccc1Cl)C(=O)CN(c1ccc(OC)cc1OC)S(C)(=O)=O. The lowest BCUT2D eigenvalue weighted by molar-refractivity contribution is -0.139. The summed E-state index contributed by atoms with van der Waals surface area (Å²) in [5, 5.41) is 3.05. The van der Waals surface area contributed by atoms with Crippen LogP contribution in [0.15, 0.2) is 72.8 Å². The van der Waals surface area contributed by atoms with E-state index < -0.39 is 34.4 Å². The molecule has 0 radical (unpaired) electrons. The van der Waals surface area contributed by atoms with E-state index in [1.165, 1.54) is 38.3 Å². The lowest BCUT2D eigenvalue weighted by Gasteiger charge is -2.33. The van der Waals surface area contributed by atoms with Crippen LogP contribution in [0.1, 0.15) is 11.1 Å². The molecule has 0 fully saturated rings. The van der Waals surface area contributed by atoms with Gasteiger partial charge < -0.3 is 19.7 Å². The van der Waals surface area contributed by atoms with E-state index in [1.54, 1.807) is 30.3 Å². The van der Waals surface area contributed by atoms with Gasteiger partial charge in [0.1, 0.15) is 24.1 Å². The van der Waals surface area contributed by atoms with Crippen molar-refractivity contribution in [3.05, 3.63) is 88.9 Å². The number of benzene rings is 3. The molecule has 0 unspecified atom stereocenters. The summed E-state index contributed by atoms with van der Waals surface area (Å²) in [5.41, 5.74) is 1.61. The molecule has 0 aliphatic heterocycles. The molecule has 9 nitrogen and oxygen atoms in total. The van der Waals surface area contributed by atoms with Crippen molar-refractivity contribution >= 4 is 39.1 Å². The molecule has 0 bridgehead atoms. The van der Waals surface area contributed by atoms with E-state index in [-0.39, 0.29) is 24.4 Å². The predicted molar refractivity (Wildman–Crippen MR) is 152 cm³/mol. The summed E-state index contributed by atoms with van der Waals surface area (Å²) in [7, 11) is 0.409. The van der Waals surface area contributed by atoms with E-state index in [1.807, 2.05) is 30.3 Å². The molecule has 2 amide bonds. The molecular weight excluding hydrogens is 542 g/mol. The monoisotopic (exact) mass is 573 g/mol. The molecule has 0 spiro atoms. The number of ether oxygens (including phenoxy) is 2. The van der Waals surface area contributed by atoms with Gasteiger partial charge in [0.2, 0.25) is 21.8 Å². The average Bonchev–Trinajstić information content (AvgIpc) is 2.93. The fraction of sp³-hybridized carbons (Fsp3) is 0.286. The summed E-state index contributed by atoms with van der Waals surface area (Å²) in [6.07, 6.45) is 1.21. The fourth-order valence-electron chi connectivity index (χ4n) is 4.12. The number of halogens is 1. The van der Waals surface area contributed by atoms with Crippen molar-refractivity contribution in [3.63, 3.8) is 0 Å². The third-order valence-corrected chi connectivity index (χ3v) is 7.65. The third kappa shape index (κ3) is 7.64. The third-order valence-electron chi connectivity index (χ3n) is 6.15. The quantitative estimate of drug-likeness (QED) is 0.355. The molecule has 0 saturated carbocycles. The first kappa shape index (κ1) is 29.8. The van der Waals surface area contributed by atoms with E-state index in [0.29, 0.717) is 16.3 Å². The van der Waals surface area contributed by atoms with Crippen LogP contribution in [0.5, 0.6) is 11.5 Å². The smallest absolute Gasteiger partial charge is 0.244 e. The van der Waals surface area contributed by atoms with Gasteiger partial charge in [0, 0.05) is 31.1 Å². The van der Waals surface area contributed by atoms with Crippen molar-refractivity contribution in [3.8, 4) is 11.5 Å². The Morgan fingerprint density at radius 2 is 1.64 bits per heavy atom. The second kappa shape index (κ2) is 13.3. The number of nitrogens with one attached hydrogen (secondary N) is 1. The van der Waals surface area contributed by atoms with Gasteiger partial charge in [-0.25, -0.2) is 8.42 Å². The van der Waals surface area contributed by atoms with Gasteiger partial charge in [0.15, 0.2) is 0 Å². The Balaban J connectivity index is 2.07. The maximum absolute atomic E-state index is 14.0. The van der Waals surface area contributed by atoms with Crippen LogP contribution in [0.4, 0.5) is 5.69 Å². The van der Waals surface area contributed by atoms with Gasteiger partial charge in [-0.05, 0) is 29.3 Å². The predicted octanol–water partition coefficient (Wildman–Crippen LogP) is 3.51. The van der Waals surface area contributed by atoms with Gasteiger partial charge in [-0.1, -0.05) is 60.1 Å². The zero-order valence-corrected chi connectivity index (χ0v) is 23.8. The largest absolute Gasteiger partial charge is 0.497 e. The molecule has 0 aromatic heterocycles. The molecule has 39 heavy (non-hydrogen) atoms. The zero-order valence-electron chi connectivity index (χ0n) is 22.3. The molecule has 0 saturated heterocycles. The number of likely N-dealkylation sites (N-methyl/N-ethyl adjacent to an activating group) is 1. The minimum absolute atomic E-state index is 0.0131. The maximum atomic E-state index is 14.0. The van der Waals surface area contributed by atoms with Crippen LogP contribution < -0.4 is 19.1 Å². The first-order valence-electron chi connectivity index (χ1n) is 12.1. The van der Waals surface area contributed by atoms with Crippen LogP contribution in [0, 0.1) is 0 Å². The zero-order chi connectivity index (χ0) is 28.6. The Hall–Kier alpha value is -3.76. The van der Waals surface area contributed by atoms with Gasteiger partial charge in [-0.2, -0.15) is 0 Å². The standard InChI is InChI=1S/C28H32ClN3O6S/c1-30-28(34)25(16-20-10-6-5-7-11-20)31(18-21-12-8-9-13-23(21)29)27(33)19-32(39(4,35)36)24-15-14-22(37-2)17-26(24)38-3/h5-15,17,25H,16,18-19H2,1-4H3,(H,30,34)/t25-/m1/s1. The summed E-state index contributed by atoms with van der Waals surface area (Å²) in [4.78, 5) is 28.5. The first-order chi connectivity index (χ1) is 18.6. The number of amides is 2. The number of carbonyl (C=O) groups excluding carboxylic acids is 2. The number of sulfonamides is 1. The minimum atomic E-state index is -3.95. The number of anilines is 1. The highest BCUT2D eigenvalue weighted by molar-refractivity contribution is 7.92. The minimum Gasteiger partial charge on any atom is -0.497 e. The number of nitrogens with zero attached hydrogens (tertiary/aromatic N) is 2. The van der Waals surface area contributed by atoms with E-state index in [2.05, 4.69) is 5.32 Å². The number of hydrogen-bond acceptors (Lipinski definition) is 6. The van der Waals surface area contributed by atoms with Crippen LogP contribution in [0.25, 0.3) is 0 Å². The Morgan fingerprint density at radius 3 is 2.23 bits per heavy atom. The summed E-state index contributed by atoms with van der Waals surface area (Å²) in [6, 6.07) is 19.9. The Morgan fingerprint density at radius 1 is 0.974 bits per heavy atom. The lowest BCUT2D eigenvalue weighted by Crippen LogP contribution is -2.53. The highest BCUT2D eigenvalue weighted by Crippen LogP contribution is 2.34. The molecule has 208 valence electrons. The summed E-state index contributed by atoms with van der Waals surface area (Å²) in [6.45, 7) is -0.588. The molecule has 3 aromatic rings. The summed E-state index contributed by atoms with van der Waals surface area (Å²) < 4.78 is 37.5. The van der Waals surface area contributed by atoms with Crippen molar-refractivity contribution < 1.29 is 27.5 Å². The molecule has 0 aliphatic rings. The highest BCUT2D eigenvalue weighted by Gasteiger charge is 2.33. The number of methoxy groups -OCH3 is 2. The van der Waals surface area contributed by atoms with Gasteiger partial charge in [0.05, 0.1) is 26.2 Å². The van der Waals surface area contributed by atoms with Crippen LogP contribution in [0.3, 0.4) is 0 Å². The topological polar surface area (TPSA) is 105 Å². The normalized spacial score (nSPS) is 11.8. The number of carbonyl (C=O) groups is 2. The molecule has 0 heterocycles. The molecule has 0 aliphatic carbocycles. The number of hydrogen-bond donors (Lipinski definition) is 1. The van der Waals surface area contributed by atoms with Crippen molar-refractivity contribution in [2.75, 3.05) is 38.4 Å². The Bertz CT molecular complexity index is 1400. The molecule has 1 N–H and O–H groups in total. The maximum Gasteiger partial charge on any atom is 0.244 e. The second-order valence-corrected chi connectivity index (χ2v) is 11.1. The average molecular weight is 574 g/mol. The van der Waals surface area contributed by atoms with E-state index in [0.717, 1.165) is 16.1 Å². The molecule has 11 heteroatoms. The lowest BCUT2D eigenvalue weighted by atomic mass is 10.0. The van der Waals surface area contributed by atoms with Crippen molar-refractivity contribution in [2.45, 2.75) is 19.0 Å². The van der Waals surface area contributed by atoms with Crippen LogP contribution in [-0.4, -0.2) is 65.2 Å². The second-order valence-electron chi connectivity index (χ2n) is 8.74. The number of rotatable bonds is 12. The van der Waals surface area contributed by atoms with Gasteiger partial charge in [0.25, 0.3) is 0 Å². The summed E-state index contributed by atoms with van der Waals surface area (Å²) >= 11 is 6.42.